The topological polar surface area (TPSA) is 95.5 Å². The Balaban J connectivity index is 0.00000139. The van der Waals surface area contributed by atoms with Gasteiger partial charge in [0.1, 0.15) is 0 Å². The first-order chi connectivity index (χ1) is 11.5. The van der Waals surface area contributed by atoms with Crippen LogP contribution in [0.2, 0.25) is 0 Å². The third-order valence-electron chi connectivity index (χ3n) is 2.73. The van der Waals surface area contributed by atoms with Crippen molar-refractivity contribution in [3.63, 3.8) is 0 Å². The van der Waals surface area contributed by atoms with Crippen LogP contribution in [0.4, 0.5) is 5.69 Å². The number of hydroxylamine groups is 1. The van der Waals surface area contributed by atoms with E-state index in [1.165, 1.54) is 23.7 Å². The van der Waals surface area contributed by atoms with Crippen LogP contribution in [0.1, 0.15) is 19.4 Å². The van der Waals surface area contributed by atoms with E-state index in [1.54, 1.807) is 42.5 Å². The number of nitrogens with one attached hydrogen (secondary N) is 2. The molecule has 1 amide bonds. The highest BCUT2D eigenvalue weighted by Gasteiger charge is 2.13. The largest absolute Gasteiger partial charge is 0.288 e. The fourth-order valence-corrected chi connectivity index (χ4v) is 2.83. The Morgan fingerprint density at radius 3 is 2.33 bits per heavy atom. The van der Waals surface area contributed by atoms with Crippen molar-refractivity contribution in [1.82, 2.24) is 5.48 Å². The summed E-state index contributed by atoms with van der Waals surface area (Å²) in [7, 11) is -3.71. The van der Waals surface area contributed by atoms with E-state index in [9.17, 15) is 13.2 Å². The Hall–Kier alpha value is -2.64. The number of amides is 1. The highest BCUT2D eigenvalue weighted by Crippen LogP contribution is 2.17. The van der Waals surface area contributed by atoms with Crippen molar-refractivity contribution in [3.8, 4) is 0 Å². The highest BCUT2D eigenvalue weighted by atomic mass is 32.2. The van der Waals surface area contributed by atoms with Gasteiger partial charge in [0.05, 0.1) is 4.90 Å². The zero-order chi connectivity index (χ0) is 18.0. The molecule has 0 heterocycles. The van der Waals surface area contributed by atoms with Crippen molar-refractivity contribution in [2.24, 2.45) is 0 Å². The maximum Gasteiger partial charge on any atom is 0.267 e. The van der Waals surface area contributed by atoms with E-state index >= 15 is 0 Å². The first-order valence-corrected chi connectivity index (χ1v) is 8.80. The van der Waals surface area contributed by atoms with Crippen molar-refractivity contribution in [2.45, 2.75) is 18.7 Å². The molecule has 3 N–H and O–H groups in total. The summed E-state index contributed by atoms with van der Waals surface area (Å²) in [5, 5.41) is 8.40. The Labute approximate surface area is 141 Å². The number of rotatable bonds is 5. The van der Waals surface area contributed by atoms with Gasteiger partial charge in [-0.3, -0.25) is 14.7 Å². The maximum atomic E-state index is 12.3. The molecule has 24 heavy (non-hydrogen) atoms. The van der Waals surface area contributed by atoms with Gasteiger partial charge in [-0.15, -0.1) is 0 Å². The second-order valence-electron chi connectivity index (χ2n) is 4.35. The Morgan fingerprint density at radius 2 is 1.71 bits per heavy atom. The van der Waals surface area contributed by atoms with Crippen LogP contribution in [0, 0.1) is 0 Å². The molecule has 0 unspecified atom stereocenters. The molecular formula is C17H20N2O4S. The standard InChI is InChI=1S/C15H14N2O4S.C2H6/c18-15(16-19)10-9-12-5-4-8-14(11-12)22(20,21)17-13-6-2-1-3-7-13;1-2/h1-11,17,19H,(H,16,18);1-2H3/b10-9+;. The molecule has 128 valence electrons. The van der Waals surface area contributed by atoms with Crippen LogP contribution in [0.15, 0.2) is 65.6 Å². The van der Waals surface area contributed by atoms with E-state index in [4.69, 9.17) is 5.21 Å². The van der Waals surface area contributed by atoms with Gasteiger partial charge in [-0.1, -0.05) is 44.2 Å². The summed E-state index contributed by atoms with van der Waals surface area (Å²) in [4.78, 5) is 11.0. The summed E-state index contributed by atoms with van der Waals surface area (Å²) in [6.07, 6.45) is 2.49. The molecule has 2 aromatic rings. The number of hydrogen-bond acceptors (Lipinski definition) is 4. The Bertz CT molecular complexity index is 787. The molecule has 0 aromatic heterocycles. The molecule has 0 spiro atoms. The predicted octanol–water partition coefficient (Wildman–Crippen LogP) is 3.03. The molecule has 0 atom stereocenters. The normalized spacial score (nSPS) is 10.6. The van der Waals surface area contributed by atoms with Crippen LogP contribution in [0.3, 0.4) is 0 Å². The van der Waals surface area contributed by atoms with Crippen molar-refractivity contribution < 1.29 is 18.4 Å². The van der Waals surface area contributed by atoms with Gasteiger partial charge >= 0.3 is 0 Å². The average Bonchev–Trinajstić information content (AvgIpc) is 2.62. The minimum absolute atomic E-state index is 0.0721. The number of sulfonamides is 1. The lowest BCUT2D eigenvalue weighted by molar-refractivity contribution is -0.124. The summed E-state index contributed by atoms with van der Waals surface area (Å²) in [6.45, 7) is 4.00. The van der Waals surface area contributed by atoms with Gasteiger partial charge in [0.25, 0.3) is 15.9 Å². The quantitative estimate of drug-likeness (QED) is 0.440. The third-order valence-corrected chi connectivity index (χ3v) is 4.11. The number of carbonyl (C=O) groups is 1. The number of carbonyl (C=O) groups excluding carboxylic acids is 1. The van der Waals surface area contributed by atoms with Crippen molar-refractivity contribution in [1.29, 1.82) is 0 Å². The van der Waals surface area contributed by atoms with E-state index in [2.05, 4.69) is 4.72 Å². The number of para-hydroxylation sites is 1. The Morgan fingerprint density at radius 1 is 1.04 bits per heavy atom. The van der Waals surface area contributed by atoms with E-state index < -0.39 is 15.9 Å². The van der Waals surface area contributed by atoms with Crippen LogP contribution >= 0.6 is 0 Å². The SMILES string of the molecule is CC.O=C(/C=C/c1cccc(S(=O)(=O)Nc2ccccc2)c1)NO. The molecule has 0 aliphatic carbocycles. The first-order valence-electron chi connectivity index (χ1n) is 7.31. The van der Waals surface area contributed by atoms with Crippen LogP contribution < -0.4 is 10.2 Å². The van der Waals surface area contributed by atoms with Gasteiger partial charge in [-0.25, -0.2) is 13.9 Å². The van der Waals surface area contributed by atoms with E-state index in [0.29, 0.717) is 11.3 Å². The number of benzene rings is 2. The lowest BCUT2D eigenvalue weighted by Crippen LogP contribution is -2.15. The fraction of sp³-hybridized carbons (Fsp3) is 0.118. The summed E-state index contributed by atoms with van der Waals surface area (Å²) >= 11 is 0. The lowest BCUT2D eigenvalue weighted by Gasteiger charge is -2.08. The second-order valence-corrected chi connectivity index (χ2v) is 6.04. The van der Waals surface area contributed by atoms with Crippen molar-refractivity contribution >= 4 is 27.7 Å². The minimum Gasteiger partial charge on any atom is -0.288 e. The molecule has 0 saturated carbocycles. The monoisotopic (exact) mass is 348 g/mol. The number of anilines is 1. The molecule has 7 heteroatoms. The van der Waals surface area contributed by atoms with Crippen LogP contribution in [0.25, 0.3) is 6.08 Å². The van der Waals surface area contributed by atoms with Crippen LogP contribution in [-0.4, -0.2) is 19.5 Å². The van der Waals surface area contributed by atoms with Gasteiger partial charge in [0.2, 0.25) is 0 Å². The first kappa shape index (κ1) is 19.4. The van der Waals surface area contributed by atoms with Crippen LogP contribution in [-0.2, 0) is 14.8 Å². The minimum atomic E-state index is -3.71. The zero-order valence-corrected chi connectivity index (χ0v) is 14.2. The molecule has 0 saturated heterocycles. The molecule has 0 bridgehead atoms. The smallest absolute Gasteiger partial charge is 0.267 e. The zero-order valence-electron chi connectivity index (χ0n) is 13.4. The number of hydrogen-bond donors (Lipinski definition) is 3. The van der Waals surface area contributed by atoms with Crippen LogP contribution in [0.5, 0.6) is 0 Å². The summed E-state index contributed by atoms with van der Waals surface area (Å²) in [5.41, 5.74) is 2.43. The van der Waals surface area contributed by atoms with E-state index in [-0.39, 0.29) is 4.90 Å². The molecule has 0 aliphatic rings. The average molecular weight is 348 g/mol. The molecule has 0 radical (unpaired) electrons. The van der Waals surface area contributed by atoms with Gasteiger partial charge in [-0.2, -0.15) is 0 Å². The molecule has 0 aliphatic heterocycles. The molecule has 0 fully saturated rings. The molecule has 2 aromatic carbocycles. The van der Waals surface area contributed by atoms with Crippen molar-refractivity contribution in [2.75, 3.05) is 4.72 Å². The summed E-state index contributed by atoms with van der Waals surface area (Å²) < 4.78 is 27.1. The van der Waals surface area contributed by atoms with Gasteiger partial charge in [-0.05, 0) is 35.9 Å². The van der Waals surface area contributed by atoms with Gasteiger partial charge in [0, 0.05) is 11.8 Å². The second kappa shape index (κ2) is 9.49. The Kier molecular flexibility index (Phi) is 7.67. The maximum absolute atomic E-state index is 12.3. The van der Waals surface area contributed by atoms with Crippen molar-refractivity contribution in [3.05, 3.63) is 66.2 Å². The summed E-state index contributed by atoms with van der Waals surface area (Å²) in [5.74, 6) is -0.698. The highest BCUT2D eigenvalue weighted by molar-refractivity contribution is 7.92. The summed E-state index contributed by atoms with van der Waals surface area (Å²) in [6, 6.07) is 14.6. The molecule has 6 nitrogen and oxygen atoms in total. The lowest BCUT2D eigenvalue weighted by atomic mass is 10.2. The van der Waals surface area contributed by atoms with E-state index in [1.807, 2.05) is 13.8 Å². The fourth-order valence-electron chi connectivity index (χ4n) is 1.71. The molecule has 2 rings (SSSR count). The predicted molar refractivity (Wildman–Crippen MR) is 94.0 cm³/mol. The van der Waals surface area contributed by atoms with E-state index in [0.717, 1.165) is 6.08 Å². The van der Waals surface area contributed by atoms with Gasteiger partial charge in [0.15, 0.2) is 0 Å². The van der Waals surface area contributed by atoms with Gasteiger partial charge < -0.3 is 0 Å². The third kappa shape index (κ3) is 5.86. The molecular weight excluding hydrogens is 328 g/mol.